The number of hydrogen-bond acceptors (Lipinski definition) is 4. The minimum absolute atomic E-state index is 0.0217. The molecule has 1 aromatic carbocycles. The van der Waals surface area contributed by atoms with E-state index in [1.165, 1.54) is 12.5 Å². The quantitative estimate of drug-likeness (QED) is 0.761. The molecule has 2 aromatic heterocycles. The maximum atomic E-state index is 12.1. The van der Waals surface area contributed by atoms with Crippen LogP contribution in [0.5, 0.6) is 0 Å². The molecule has 0 aliphatic heterocycles. The Morgan fingerprint density at radius 3 is 2.84 bits per heavy atom. The molecule has 3 rings (SSSR count). The van der Waals surface area contributed by atoms with Gasteiger partial charge >= 0.3 is 0 Å². The van der Waals surface area contributed by atoms with Crippen LogP contribution in [0, 0.1) is 0 Å². The lowest BCUT2D eigenvalue weighted by molar-refractivity contribution is 0.598. The van der Waals surface area contributed by atoms with E-state index in [0.29, 0.717) is 5.69 Å². The molecule has 0 fully saturated rings. The summed E-state index contributed by atoms with van der Waals surface area (Å²) in [6, 6.07) is 8.84. The maximum Gasteiger partial charge on any atom is 0.278 e. The minimum Gasteiger partial charge on any atom is -0.334 e. The van der Waals surface area contributed by atoms with Gasteiger partial charge in [-0.05, 0) is 24.3 Å². The Morgan fingerprint density at radius 2 is 2.05 bits per heavy atom. The number of pyridine rings is 1. The average molecular weight is 274 g/mol. The fourth-order valence-corrected chi connectivity index (χ4v) is 2.77. The predicted molar refractivity (Wildman–Crippen MR) is 71.1 cm³/mol. The molecule has 2 heterocycles. The number of nitrogens with zero attached hydrogens (tertiary/aromatic N) is 2. The highest BCUT2D eigenvalue weighted by molar-refractivity contribution is 7.92. The van der Waals surface area contributed by atoms with Gasteiger partial charge in [0.2, 0.25) is 0 Å². The highest BCUT2D eigenvalue weighted by Gasteiger charge is 2.16. The van der Waals surface area contributed by atoms with Crippen molar-refractivity contribution in [1.29, 1.82) is 0 Å². The number of rotatable bonds is 3. The van der Waals surface area contributed by atoms with Crippen LogP contribution >= 0.6 is 0 Å². The number of aromatic amines is 1. The molecule has 96 valence electrons. The van der Waals surface area contributed by atoms with Gasteiger partial charge in [0.15, 0.2) is 5.03 Å². The first-order chi connectivity index (χ1) is 9.17. The van der Waals surface area contributed by atoms with Crippen LogP contribution in [0.25, 0.3) is 10.9 Å². The van der Waals surface area contributed by atoms with Crippen LogP contribution in [0.2, 0.25) is 0 Å². The number of benzene rings is 1. The van der Waals surface area contributed by atoms with Crippen molar-refractivity contribution in [2.24, 2.45) is 0 Å². The van der Waals surface area contributed by atoms with E-state index < -0.39 is 10.0 Å². The first-order valence-electron chi connectivity index (χ1n) is 5.52. The summed E-state index contributed by atoms with van der Waals surface area (Å²) in [7, 11) is -3.66. The Balaban J connectivity index is 2.07. The number of nitrogens with one attached hydrogen (secondary N) is 2. The van der Waals surface area contributed by atoms with Crippen LogP contribution in [-0.2, 0) is 10.0 Å². The van der Waals surface area contributed by atoms with Crippen LogP contribution in [0.4, 0.5) is 5.69 Å². The second kappa shape index (κ2) is 4.36. The van der Waals surface area contributed by atoms with Crippen LogP contribution in [0.1, 0.15) is 0 Å². The summed E-state index contributed by atoms with van der Waals surface area (Å²) in [5, 5.41) is 0.765. The van der Waals surface area contributed by atoms with E-state index in [-0.39, 0.29) is 5.03 Å². The Morgan fingerprint density at radius 1 is 1.16 bits per heavy atom. The van der Waals surface area contributed by atoms with Crippen molar-refractivity contribution in [3.05, 3.63) is 49.1 Å². The molecule has 0 saturated heterocycles. The van der Waals surface area contributed by atoms with E-state index in [0.717, 1.165) is 10.9 Å². The summed E-state index contributed by atoms with van der Waals surface area (Å²) in [5.74, 6) is 0. The summed E-state index contributed by atoms with van der Waals surface area (Å²) < 4.78 is 26.7. The summed E-state index contributed by atoms with van der Waals surface area (Å²) in [6.45, 7) is 0. The SMILES string of the molecule is O=S(=O)(Nc1cccc2ncccc12)c1cnc[nH]1. The first kappa shape index (κ1) is 11.7. The zero-order chi connectivity index (χ0) is 13.3. The van der Waals surface area contributed by atoms with Gasteiger partial charge in [-0.25, -0.2) is 4.98 Å². The topological polar surface area (TPSA) is 87.7 Å². The highest BCUT2D eigenvalue weighted by atomic mass is 32.2. The molecule has 0 amide bonds. The van der Waals surface area contributed by atoms with Gasteiger partial charge in [0.05, 0.1) is 23.7 Å². The third-order valence-electron chi connectivity index (χ3n) is 2.65. The van der Waals surface area contributed by atoms with Gasteiger partial charge in [-0.2, -0.15) is 8.42 Å². The van der Waals surface area contributed by atoms with Gasteiger partial charge in [0, 0.05) is 11.6 Å². The Kier molecular flexibility index (Phi) is 2.68. The number of fused-ring (bicyclic) bond motifs is 1. The maximum absolute atomic E-state index is 12.1. The van der Waals surface area contributed by atoms with Crippen molar-refractivity contribution in [3.63, 3.8) is 0 Å². The molecule has 2 N–H and O–H groups in total. The van der Waals surface area contributed by atoms with E-state index in [1.54, 1.807) is 24.4 Å². The van der Waals surface area contributed by atoms with Crippen LogP contribution in [-0.4, -0.2) is 23.4 Å². The van der Waals surface area contributed by atoms with Crippen LogP contribution in [0.3, 0.4) is 0 Å². The van der Waals surface area contributed by atoms with Crippen molar-refractivity contribution in [1.82, 2.24) is 15.0 Å². The van der Waals surface area contributed by atoms with E-state index in [2.05, 4.69) is 19.7 Å². The van der Waals surface area contributed by atoms with Crippen molar-refractivity contribution < 1.29 is 8.42 Å². The number of H-pyrrole nitrogens is 1. The second-order valence-electron chi connectivity index (χ2n) is 3.90. The molecule has 0 unspecified atom stereocenters. The molecule has 7 heteroatoms. The zero-order valence-electron chi connectivity index (χ0n) is 9.74. The van der Waals surface area contributed by atoms with Gasteiger partial charge in [-0.1, -0.05) is 6.07 Å². The number of anilines is 1. The van der Waals surface area contributed by atoms with Crippen LogP contribution < -0.4 is 4.72 Å². The Hall–Kier alpha value is -2.41. The molecular formula is C12H10N4O2S. The molecule has 0 bridgehead atoms. The van der Waals surface area contributed by atoms with Crippen molar-refractivity contribution >= 4 is 26.6 Å². The van der Waals surface area contributed by atoms with Crippen LogP contribution in [0.15, 0.2) is 54.1 Å². The summed E-state index contributed by atoms with van der Waals surface area (Å²) in [6.07, 6.45) is 4.24. The fraction of sp³-hybridized carbons (Fsp3) is 0. The van der Waals surface area contributed by atoms with Gasteiger partial charge < -0.3 is 4.98 Å². The second-order valence-corrected chi connectivity index (χ2v) is 5.55. The summed E-state index contributed by atoms with van der Waals surface area (Å²) in [4.78, 5) is 10.5. The van der Waals surface area contributed by atoms with E-state index in [4.69, 9.17) is 0 Å². The monoisotopic (exact) mass is 274 g/mol. The number of aromatic nitrogens is 3. The molecule has 0 aliphatic rings. The van der Waals surface area contributed by atoms with Crippen molar-refractivity contribution in [3.8, 4) is 0 Å². The Labute approximate surface area is 109 Å². The van der Waals surface area contributed by atoms with Crippen molar-refractivity contribution in [2.75, 3.05) is 4.72 Å². The normalized spacial score (nSPS) is 11.6. The van der Waals surface area contributed by atoms with Crippen molar-refractivity contribution in [2.45, 2.75) is 5.03 Å². The lowest BCUT2D eigenvalue weighted by atomic mass is 10.2. The standard InChI is InChI=1S/C12H10N4O2S/c17-19(18,12-7-13-8-15-12)16-11-5-1-4-10-9(11)3-2-6-14-10/h1-8,16H,(H,13,15). The van der Waals surface area contributed by atoms with Gasteiger partial charge in [0.1, 0.15) is 0 Å². The molecule has 0 saturated carbocycles. The van der Waals surface area contributed by atoms with Gasteiger partial charge in [-0.3, -0.25) is 9.71 Å². The fourth-order valence-electron chi connectivity index (χ4n) is 1.78. The van der Waals surface area contributed by atoms with E-state index >= 15 is 0 Å². The molecule has 3 aromatic rings. The number of sulfonamides is 1. The lowest BCUT2D eigenvalue weighted by Gasteiger charge is -2.08. The predicted octanol–water partition coefficient (Wildman–Crippen LogP) is 1.76. The third-order valence-corrected chi connectivity index (χ3v) is 3.94. The first-order valence-corrected chi connectivity index (χ1v) is 7.00. The molecule has 0 radical (unpaired) electrons. The van der Waals surface area contributed by atoms with E-state index in [9.17, 15) is 8.42 Å². The number of hydrogen-bond donors (Lipinski definition) is 2. The Bertz CT molecular complexity index is 807. The zero-order valence-corrected chi connectivity index (χ0v) is 10.6. The summed E-state index contributed by atoms with van der Waals surface area (Å²) in [5.41, 5.74) is 1.22. The minimum atomic E-state index is -3.66. The molecular weight excluding hydrogens is 264 g/mol. The highest BCUT2D eigenvalue weighted by Crippen LogP contribution is 2.23. The van der Waals surface area contributed by atoms with E-state index in [1.807, 2.05) is 12.1 Å². The van der Waals surface area contributed by atoms with Gasteiger partial charge in [-0.15, -0.1) is 0 Å². The lowest BCUT2D eigenvalue weighted by Crippen LogP contribution is -2.13. The largest absolute Gasteiger partial charge is 0.334 e. The average Bonchev–Trinajstić information content (AvgIpc) is 2.93. The smallest absolute Gasteiger partial charge is 0.278 e. The molecule has 0 spiro atoms. The molecule has 0 aliphatic carbocycles. The van der Waals surface area contributed by atoms with Gasteiger partial charge in [0.25, 0.3) is 10.0 Å². The third kappa shape index (κ3) is 2.15. The molecule has 19 heavy (non-hydrogen) atoms. The molecule has 0 atom stereocenters. The number of imidazole rings is 1. The molecule has 6 nitrogen and oxygen atoms in total. The summed E-state index contributed by atoms with van der Waals surface area (Å²) >= 11 is 0.